The second-order valence-corrected chi connectivity index (χ2v) is 2.88. The number of pyridine rings is 1. The monoisotopic (exact) mass is 220 g/mol. The molecule has 16 heavy (non-hydrogen) atoms. The van der Waals surface area contributed by atoms with Gasteiger partial charge < -0.3 is 9.84 Å². The highest BCUT2D eigenvalue weighted by Crippen LogP contribution is 2.14. The molecule has 0 atom stereocenters. The number of ether oxygens (including phenoxy) is 1. The minimum Gasteiger partial charge on any atom is -0.479 e. The van der Waals surface area contributed by atoms with Crippen molar-refractivity contribution in [2.45, 2.75) is 0 Å². The summed E-state index contributed by atoms with van der Waals surface area (Å²) in [6.07, 6.45) is 3.24. The molecule has 2 heterocycles. The zero-order chi connectivity index (χ0) is 11.4. The zero-order valence-electron chi connectivity index (χ0n) is 8.12. The van der Waals surface area contributed by atoms with Gasteiger partial charge in [-0.25, -0.2) is 4.79 Å². The van der Waals surface area contributed by atoms with Gasteiger partial charge in [-0.3, -0.25) is 10.1 Å². The summed E-state index contributed by atoms with van der Waals surface area (Å²) in [5.41, 5.74) is 0.799. The Morgan fingerprint density at radius 2 is 2.19 bits per heavy atom. The molecule has 2 aromatic heterocycles. The Morgan fingerprint density at radius 1 is 1.44 bits per heavy atom. The molecule has 2 aromatic rings. The summed E-state index contributed by atoms with van der Waals surface area (Å²) in [6.45, 7) is -0.465. The molecule has 2 rings (SSSR count). The molecule has 0 aliphatic rings. The molecule has 0 spiro atoms. The van der Waals surface area contributed by atoms with Gasteiger partial charge in [-0.05, 0) is 12.1 Å². The Hall–Kier alpha value is -2.44. The van der Waals surface area contributed by atoms with Crippen LogP contribution in [0, 0.1) is 0 Å². The van der Waals surface area contributed by atoms with Crippen LogP contribution in [0.3, 0.4) is 0 Å². The van der Waals surface area contributed by atoms with Gasteiger partial charge in [-0.15, -0.1) is 5.10 Å². The number of carboxylic acid groups (broad SMARTS) is 1. The smallest absolute Gasteiger partial charge is 0.341 e. The van der Waals surface area contributed by atoms with E-state index in [1.54, 1.807) is 24.5 Å². The summed E-state index contributed by atoms with van der Waals surface area (Å²) in [5, 5.41) is 14.8. The third kappa shape index (κ3) is 2.32. The average molecular weight is 220 g/mol. The highest BCUT2D eigenvalue weighted by atomic mass is 16.5. The molecule has 0 saturated carbocycles. The van der Waals surface area contributed by atoms with Crippen LogP contribution in [-0.4, -0.2) is 37.8 Å². The number of carbonyl (C=O) groups is 1. The van der Waals surface area contributed by atoms with Crippen LogP contribution in [0.2, 0.25) is 0 Å². The van der Waals surface area contributed by atoms with Gasteiger partial charge in [0.2, 0.25) is 0 Å². The summed E-state index contributed by atoms with van der Waals surface area (Å²) in [7, 11) is 0. The van der Waals surface area contributed by atoms with E-state index >= 15 is 0 Å². The van der Waals surface area contributed by atoms with Crippen LogP contribution in [0.5, 0.6) is 6.01 Å². The third-order valence-electron chi connectivity index (χ3n) is 1.74. The molecule has 7 heteroatoms. The van der Waals surface area contributed by atoms with Crippen LogP contribution < -0.4 is 4.74 Å². The lowest BCUT2D eigenvalue weighted by atomic mass is 10.3. The van der Waals surface area contributed by atoms with Crippen molar-refractivity contribution in [3.63, 3.8) is 0 Å². The van der Waals surface area contributed by atoms with Crippen molar-refractivity contribution < 1.29 is 14.6 Å². The number of hydrogen-bond acceptors (Lipinski definition) is 5. The Labute approximate surface area is 90.1 Å². The van der Waals surface area contributed by atoms with Crippen LogP contribution in [0.4, 0.5) is 0 Å². The van der Waals surface area contributed by atoms with Gasteiger partial charge in [0.05, 0.1) is 0 Å². The molecule has 7 nitrogen and oxygen atoms in total. The number of rotatable bonds is 4. The zero-order valence-corrected chi connectivity index (χ0v) is 8.12. The van der Waals surface area contributed by atoms with Crippen LogP contribution in [0.1, 0.15) is 0 Å². The first kappa shape index (κ1) is 10.1. The molecule has 0 aliphatic carbocycles. The number of carboxylic acids is 1. The van der Waals surface area contributed by atoms with E-state index in [-0.39, 0.29) is 6.01 Å². The molecule has 0 fully saturated rings. The minimum atomic E-state index is -1.07. The van der Waals surface area contributed by atoms with Crippen molar-refractivity contribution >= 4 is 5.97 Å². The van der Waals surface area contributed by atoms with Gasteiger partial charge in [0.1, 0.15) is 0 Å². The van der Waals surface area contributed by atoms with E-state index < -0.39 is 12.6 Å². The maximum absolute atomic E-state index is 10.3. The fourth-order valence-corrected chi connectivity index (χ4v) is 1.08. The Kier molecular flexibility index (Phi) is 2.77. The molecular weight excluding hydrogens is 212 g/mol. The fourth-order valence-electron chi connectivity index (χ4n) is 1.08. The summed E-state index contributed by atoms with van der Waals surface area (Å²) in [4.78, 5) is 18.1. The molecule has 2 N–H and O–H groups in total. The SMILES string of the molecule is O=C(O)COc1n[nH]c(-c2ccncc2)n1. The fraction of sp³-hybridized carbons (Fsp3) is 0.111. The van der Waals surface area contributed by atoms with Crippen molar-refractivity contribution in [1.29, 1.82) is 0 Å². The molecule has 82 valence electrons. The number of aromatic amines is 1. The van der Waals surface area contributed by atoms with Crippen molar-refractivity contribution in [3.8, 4) is 17.4 Å². The van der Waals surface area contributed by atoms with Crippen molar-refractivity contribution in [1.82, 2.24) is 20.2 Å². The summed E-state index contributed by atoms with van der Waals surface area (Å²) < 4.78 is 4.80. The molecule has 0 unspecified atom stereocenters. The van der Waals surface area contributed by atoms with E-state index in [0.717, 1.165) is 5.56 Å². The van der Waals surface area contributed by atoms with Gasteiger partial charge >= 0.3 is 12.0 Å². The Bertz CT molecular complexity index is 483. The second-order valence-electron chi connectivity index (χ2n) is 2.88. The number of aliphatic carboxylic acids is 1. The first-order valence-corrected chi connectivity index (χ1v) is 4.43. The van der Waals surface area contributed by atoms with E-state index in [4.69, 9.17) is 9.84 Å². The highest BCUT2D eigenvalue weighted by molar-refractivity contribution is 5.68. The normalized spacial score (nSPS) is 10.0. The van der Waals surface area contributed by atoms with Gasteiger partial charge in [0.15, 0.2) is 12.4 Å². The molecule has 0 aromatic carbocycles. The van der Waals surface area contributed by atoms with Crippen molar-refractivity contribution in [2.75, 3.05) is 6.61 Å². The molecule has 0 aliphatic heterocycles. The quantitative estimate of drug-likeness (QED) is 0.769. The molecular formula is C9H8N4O3. The van der Waals surface area contributed by atoms with Crippen LogP contribution in [-0.2, 0) is 4.79 Å². The largest absolute Gasteiger partial charge is 0.479 e. The predicted octanol–water partition coefficient (Wildman–Crippen LogP) is 0.330. The Morgan fingerprint density at radius 3 is 2.88 bits per heavy atom. The highest BCUT2D eigenvalue weighted by Gasteiger charge is 2.07. The summed E-state index contributed by atoms with van der Waals surface area (Å²) in [6, 6.07) is 3.51. The molecule has 0 saturated heterocycles. The van der Waals surface area contributed by atoms with Gasteiger partial charge in [-0.1, -0.05) is 0 Å². The van der Waals surface area contributed by atoms with Gasteiger partial charge in [0.25, 0.3) is 0 Å². The van der Waals surface area contributed by atoms with E-state index in [1.807, 2.05) is 0 Å². The maximum atomic E-state index is 10.3. The first-order valence-electron chi connectivity index (χ1n) is 4.43. The van der Waals surface area contributed by atoms with Gasteiger partial charge in [0, 0.05) is 18.0 Å². The van der Waals surface area contributed by atoms with E-state index in [9.17, 15) is 4.79 Å². The number of nitrogens with one attached hydrogen (secondary N) is 1. The predicted molar refractivity (Wildman–Crippen MR) is 52.7 cm³/mol. The van der Waals surface area contributed by atoms with Crippen LogP contribution in [0.15, 0.2) is 24.5 Å². The first-order chi connectivity index (χ1) is 7.75. The third-order valence-corrected chi connectivity index (χ3v) is 1.74. The van der Waals surface area contributed by atoms with Crippen molar-refractivity contribution in [2.24, 2.45) is 0 Å². The van der Waals surface area contributed by atoms with Crippen molar-refractivity contribution in [3.05, 3.63) is 24.5 Å². The van der Waals surface area contributed by atoms with E-state index in [1.165, 1.54) is 0 Å². The molecule has 0 bridgehead atoms. The number of aromatic nitrogens is 4. The topological polar surface area (TPSA) is 101 Å². The molecule has 0 amide bonds. The second kappa shape index (κ2) is 4.39. The number of hydrogen-bond donors (Lipinski definition) is 2. The average Bonchev–Trinajstić information content (AvgIpc) is 2.76. The summed E-state index contributed by atoms with van der Waals surface area (Å²) in [5.74, 6) is -0.571. The number of H-pyrrole nitrogens is 1. The van der Waals surface area contributed by atoms with Crippen LogP contribution in [0.25, 0.3) is 11.4 Å². The maximum Gasteiger partial charge on any atom is 0.341 e. The summed E-state index contributed by atoms with van der Waals surface area (Å²) >= 11 is 0. The Balaban J connectivity index is 2.11. The lowest BCUT2D eigenvalue weighted by Crippen LogP contribution is -2.10. The van der Waals surface area contributed by atoms with Gasteiger partial charge in [-0.2, -0.15) is 4.98 Å². The van der Waals surface area contributed by atoms with Crippen LogP contribution >= 0.6 is 0 Å². The van der Waals surface area contributed by atoms with E-state index in [0.29, 0.717) is 5.82 Å². The molecule has 0 radical (unpaired) electrons. The lowest BCUT2D eigenvalue weighted by Gasteiger charge is -1.94. The minimum absolute atomic E-state index is 0.00853. The lowest BCUT2D eigenvalue weighted by molar-refractivity contribution is -0.139. The number of nitrogens with zero attached hydrogens (tertiary/aromatic N) is 3. The van der Waals surface area contributed by atoms with E-state index in [2.05, 4.69) is 20.2 Å². The standard InChI is InChI=1S/C9H8N4O3/c14-7(15)5-16-9-11-8(12-13-9)6-1-3-10-4-2-6/h1-4H,5H2,(H,14,15)(H,11,12,13).